The van der Waals surface area contributed by atoms with Gasteiger partial charge in [-0.15, -0.1) is 11.3 Å². The second-order valence-corrected chi connectivity index (χ2v) is 12.2. The smallest absolute Gasteiger partial charge is 0.242 e. The van der Waals surface area contributed by atoms with Crippen molar-refractivity contribution in [3.63, 3.8) is 0 Å². The number of carbonyl (C=O) groups excluding carboxylic acids is 2. The summed E-state index contributed by atoms with van der Waals surface area (Å²) in [4.78, 5) is 34.6. The van der Waals surface area contributed by atoms with Crippen LogP contribution in [0.15, 0.2) is 41.8 Å². The Morgan fingerprint density at radius 3 is 2.13 bits per heavy atom. The Morgan fingerprint density at radius 1 is 0.821 bits per heavy atom. The molecule has 1 aliphatic heterocycles. The Labute approximate surface area is 241 Å². The Balaban J connectivity index is 1.56. The zero-order valence-electron chi connectivity index (χ0n) is 24.5. The number of thiophene rings is 1. The predicted octanol–water partition coefficient (Wildman–Crippen LogP) is 7.43. The number of benzene rings is 1. The molecule has 2 amide bonds. The van der Waals surface area contributed by atoms with Gasteiger partial charge in [-0.05, 0) is 61.8 Å². The summed E-state index contributed by atoms with van der Waals surface area (Å²) >= 11 is 1.70. The SMILES string of the molecule is CCCCCCCCCCCC(=O)N(CCN1CCCC1)CC(=O)N(Cc1ccccc1)Cc1sccc1C. The molecule has 0 bridgehead atoms. The van der Waals surface area contributed by atoms with Crippen LogP contribution in [0.2, 0.25) is 0 Å². The van der Waals surface area contributed by atoms with E-state index in [0.29, 0.717) is 26.1 Å². The van der Waals surface area contributed by atoms with E-state index < -0.39 is 0 Å². The van der Waals surface area contributed by atoms with Gasteiger partial charge in [-0.2, -0.15) is 0 Å². The van der Waals surface area contributed by atoms with Crippen LogP contribution in [-0.2, 0) is 22.7 Å². The lowest BCUT2D eigenvalue weighted by atomic mass is 10.1. The third kappa shape index (κ3) is 11.8. The first-order valence-corrected chi connectivity index (χ1v) is 16.3. The van der Waals surface area contributed by atoms with Crippen LogP contribution in [0.5, 0.6) is 0 Å². The molecule has 39 heavy (non-hydrogen) atoms. The van der Waals surface area contributed by atoms with Crippen molar-refractivity contribution in [1.29, 1.82) is 0 Å². The number of likely N-dealkylation sites (tertiary alicyclic amines) is 1. The Hall–Kier alpha value is -2.18. The van der Waals surface area contributed by atoms with Gasteiger partial charge in [0.1, 0.15) is 0 Å². The summed E-state index contributed by atoms with van der Waals surface area (Å²) < 4.78 is 0. The molecule has 2 aromatic rings. The predicted molar refractivity (Wildman–Crippen MR) is 164 cm³/mol. The van der Waals surface area contributed by atoms with Crippen LogP contribution in [-0.4, -0.2) is 59.2 Å². The van der Waals surface area contributed by atoms with Gasteiger partial charge in [0.2, 0.25) is 11.8 Å². The van der Waals surface area contributed by atoms with Crippen LogP contribution in [0, 0.1) is 6.92 Å². The number of nitrogens with zero attached hydrogens (tertiary/aromatic N) is 3. The molecule has 0 N–H and O–H groups in total. The molecule has 6 heteroatoms. The van der Waals surface area contributed by atoms with Gasteiger partial charge in [0, 0.05) is 30.9 Å². The van der Waals surface area contributed by atoms with Gasteiger partial charge in [0.25, 0.3) is 0 Å². The van der Waals surface area contributed by atoms with E-state index in [1.54, 1.807) is 11.3 Å². The van der Waals surface area contributed by atoms with Gasteiger partial charge in [0.15, 0.2) is 0 Å². The molecule has 0 unspecified atom stereocenters. The molecule has 1 fully saturated rings. The van der Waals surface area contributed by atoms with Gasteiger partial charge >= 0.3 is 0 Å². The van der Waals surface area contributed by atoms with Crippen LogP contribution < -0.4 is 0 Å². The molecule has 1 saturated heterocycles. The average Bonchev–Trinajstić information content (AvgIpc) is 3.61. The Bertz CT molecular complexity index is 955. The van der Waals surface area contributed by atoms with E-state index in [9.17, 15) is 9.59 Å². The fourth-order valence-electron chi connectivity index (χ4n) is 5.34. The van der Waals surface area contributed by atoms with Crippen LogP contribution >= 0.6 is 11.3 Å². The van der Waals surface area contributed by atoms with E-state index in [4.69, 9.17) is 0 Å². The molecule has 216 valence electrons. The van der Waals surface area contributed by atoms with Gasteiger partial charge in [-0.25, -0.2) is 0 Å². The quantitative estimate of drug-likeness (QED) is 0.170. The maximum atomic E-state index is 13.7. The molecule has 1 aromatic carbocycles. The molecule has 0 saturated carbocycles. The fourth-order valence-corrected chi connectivity index (χ4v) is 6.26. The molecule has 0 atom stereocenters. The van der Waals surface area contributed by atoms with E-state index in [0.717, 1.165) is 38.0 Å². The number of hydrogen-bond donors (Lipinski definition) is 0. The second kappa shape index (κ2) is 18.2. The van der Waals surface area contributed by atoms with E-state index in [2.05, 4.69) is 42.3 Å². The van der Waals surface area contributed by atoms with E-state index in [1.165, 1.54) is 68.2 Å². The van der Waals surface area contributed by atoms with E-state index in [-0.39, 0.29) is 18.4 Å². The molecule has 1 aromatic heterocycles. The minimum atomic E-state index is 0.0357. The van der Waals surface area contributed by atoms with Crippen molar-refractivity contribution in [3.05, 3.63) is 57.8 Å². The van der Waals surface area contributed by atoms with Crippen molar-refractivity contribution in [3.8, 4) is 0 Å². The molecule has 3 rings (SSSR count). The summed E-state index contributed by atoms with van der Waals surface area (Å²) in [5, 5.41) is 2.09. The zero-order chi connectivity index (χ0) is 27.7. The molecule has 1 aliphatic rings. The fraction of sp³-hybridized carbons (Fsp3) is 0.636. The lowest BCUT2D eigenvalue weighted by Gasteiger charge is -2.29. The van der Waals surface area contributed by atoms with Crippen LogP contribution in [0.3, 0.4) is 0 Å². The third-order valence-corrected chi connectivity index (χ3v) is 8.94. The first-order chi connectivity index (χ1) is 19.1. The number of aryl methyl sites for hydroxylation is 1. The molecule has 0 spiro atoms. The zero-order valence-corrected chi connectivity index (χ0v) is 25.4. The average molecular weight is 554 g/mol. The highest BCUT2D eigenvalue weighted by molar-refractivity contribution is 7.10. The second-order valence-electron chi connectivity index (χ2n) is 11.2. The maximum Gasteiger partial charge on any atom is 0.242 e. The number of amides is 2. The minimum absolute atomic E-state index is 0.0357. The molecular weight excluding hydrogens is 502 g/mol. The van der Waals surface area contributed by atoms with Crippen molar-refractivity contribution in [2.75, 3.05) is 32.7 Å². The third-order valence-electron chi connectivity index (χ3n) is 7.93. The summed E-state index contributed by atoms with van der Waals surface area (Å²) in [6, 6.07) is 12.3. The van der Waals surface area contributed by atoms with Crippen LogP contribution in [0.25, 0.3) is 0 Å². The van der Waals surface area contributed by atoms with Crippen molar-refractivity contribution >= 4 is 23.2 Å². The van der Waals surface area contributed by atoms with Crippen LogP contribution in [0.4, 0.5) is 0 Å². The van der Waals surface area contributed by atoms with Crippen LogP contribution in [0.1, 0.15) is 100.0 Å². The lowest BCUT2D eigenvalue weighted by molar-refractivity contribution is -0.141. The number of carbonyl (C=O) groups is 2. The molecule has 0 aliphatic carbocycles. The summed E-state index contributed by atoms with van der Waals surface area (Å²) in [6.07, 6.45) is 14.1. The lowest BCUT2D eigenvalue weighted by Crippen LogP contribution is -2.45. The van der Waals surface area contributed by atoms with E-state index >= 15 is 0 Å². The minimum Gasteiger partial charge on any atom is -0.332 e. The number of hydrogen-bond acceptors (Lipinski definition) is 4. The first-order valence-electron chi connectivity index (χ1n) is 15.4. The summed E-state index contributed by atoms with van der Waals surface area (Å²) in [6.45, 7) is 9.38. The number of rotatable bonds is 19. The standard InChI is InChI=1S/C33H51N3O2S/c1-3-4-5-6-7-8-9-10-14-19-32(37)35(24-23-34-21-15-16-22-34)28-33(38)36(26-30-17-12-11-13-18-30)27-31-29(2)20-25-39-31/h11-13,17-18,20,25H,3-10,14-16,19,21-24,26-28H2,1-2H3. The topological polar surface area (TPSA) is 43.9 Å². The highest BCUT2D eigenvalue weighted by Crippen LogP contribution is 2.20. The molecular formula is C33H51N3O2S. The number of unbranched alkanes of at least 4 members (excludes halogenated alkanes) is 8. The van der Waals surface area contributed by atoms with E-state index in [1.807, 2.05) is 28.0 Å². The molecule has 0 radical (unpaired) electrons. The van der Waals surface area contributed by atoms with Gasteiger partial charge in [-0.3, -0.25) is 9.59 Å². The van der Waals surface area contributed by atoms with Gasteiger partial charge in [-0.1, -0.05) is 88.6 Å². The monoisotopic (exact) mass is 553 g/mol. The summed E-state index contributed by atoms with van der Waals surface area (Å²) in [5.41, 5.74) is 2.34. The van der Waals surface area contributed by atoms with Gasteiger partial charge in [0.05, 0.1) is 13.1 Å². The molecule has 5 nitrogen and oxygen atoms in total. The van der Waals surface area contributed by atoms with Crippen molar-refractivity contribution in [2.24, 2.45) is 0 Å². The highest BCUT2D eigenvalue weighted by Gasteiger charge is 2.23. The van der Waals surface area contributed by atoms with Gasteiger partial charge < -0.3 is 14.7 Å². The van der Waals surface area contributed by atoms with Crippen molar-refractivity contribution in [2.45, 2.75) is 104 Å². The largest absolute Gasteiger partial charge is 0.332 e. The summed E-state index contributed by atoms with van der Waals surface area (Å²) in [7, 11) is 0. The Kier molecular flexibility index (Phi) is 14.6. The molecule has 2 heterocycles. The first kappa shape index (κ1) is 31.3. The van der Waals surface area contributed by atoms with Crippen molar-refractivity contribution in [1.82, 2.24) is 14.7 Å². The maximum absolute atomic E-state index is 13.7. The highest BCUT2D eigenvalue weighted by atomic mass is 32.1. The summed E-state index contributed by atoms with van der Waals surface area (Å²) in [5.74, 6) is 0.172. The normalized spacial score (nSPS) is 13.6. The van der Waals surface area contributed by atoms with Crippen molar-refractivity contribution < 1.29 is 9.59 Å². The Morgan fingerprint density at radius 2 is 1.49 bits per heavy atom.